The number of nitrogens with one attached hydrogen (secondary N) is 1. The number of nitrogens with zero attached hydrogens (tertiary/aromatic N) is 4. The number of thiophene rings is 1. The Kier molecular flexibility index (Phi) is 6.46. The zero-order valence-electron chi connectivity index (χ0n) is 19.5. The van der Waals surface area contributed by atoms with Gasteiger partial charge in [-0.25, -0.2) is 9.97 Å². The van der Waals surface area contributed by atoms with Crippen molar-refractivity contribution < 1.29 is 4.79 Å². The van der Waals surface area contributed by atoms with Crippen LogP contribution < -0.4 is 11.1 Å². The van der Waals surface area contributed by atoms with Crippen LogP contribution in [0.3, 0.4) is 0 Å². The lowest BCUT2D eigenvalue weighted by Gasteiger charge is -2.37. The van der Waals surface area contributed by atoms with Crippen molar-refractivity contribution in [1.29, 1.82) is 0 Å². The van der Waals surface area contributed by atoms with E-state index in [2.05, 4.69) is 53.9 Å². The van der Waals surface area contributed by atoms with Gasteiger partial charge in [-0.1, -0.05) is 12.1 Å². The molecule has 0 aliphatic carbocycles. The first-order valence-corrected chi connectivity index (χ1v) is 11.9. The highest BCUT2D eigenvalue weighted by molar-refractivity contribution is 7.18. The molecule has 2 aromatic heterocycles. The van der Waals surface area contributed by atoms with Gasteiger partial charge in [-0.15, -0.1) is 11.3 Å². The number of amides is 1. The van der Waals surface area contributed by atoms with Gasteiger partial charge >= 0.3 is 0 Å². The minimum absolute atomic E-state index is 0.0326. The molecule has 1 aromatic carbocycles. The molecule has 1 aliphatic rings. The number of nitrogens with two attached hydrogens (primary N) is 1. The van der Waals surface area contributed by atoms with Crippen molar-refractivity contribution in [2.45, 2.75) is 40.7 Å². The zero-order valence-corrected chi connectivity index (χ0v) is 20.3. The molecule has 0 spiro atoms. The number of piperazine rings is 1. The van der Waals surface area contributed by atoms with E-state index in [9.17, 15) is 4.79 Å². The van der Waals surface area contributed by atoms with Gasteiger partial charge in [0.05, 0.1) is 18.0 Å². The van der Waals surface area contributed by atoms with Gasteiger partial charge in [0.15, 0.2) is 0 Å². The summed E-state index contributed by atoms with van der Waals surface area (Å²) in [5.41, 5.74) is 10.7. The first kappa shape index (κ1) is 22.6. The van der Waals surface area contributed by atoms with E-state index >= 15 is 0 Å². The number of rotatable bonds is 5. The summed E-state index contributed by atoms with van der Waals surface area (Å²) < 4.78 is 0. The summed E-state index contributed by atoms with van der Waals surface area (Å²) in [6, 6.07) is 6.07. The molecule has 0 radical (unpaired) electrons. The maximum Gasteiger partial charge on any atom is 0.238 e. The molecular weight excluding hydrogens is 420 g/mol. The Hall–Kier alpha value is -2.55. The summed E-state index contributed by atoms with van der Waals surface area (Å²) in [6.07, 6.45) is 0. The molecule has 4 rings (SSSR count). The number of aromatic nitrogens is 2. The Labute approximate surface area is 193 Å². The van der Waals surface area contributed by atoms with E-state index in [4.69, 9.17) is 10.7 Å². The molecule has 3 heterocycles. The number of hydrogen-bond donors (Lipinski definition) is 2. The summed E-state index contributed by atoms with van der Waals surface area (Å²) in [5.74, 6) is 1.38. The topological polar surface area (TPSA) is 87.4 Å². The second kappa shape index (κ2) is 9.13. The zero-order chi connectivity index (χ0) is 23.0. The number of benzene rings is 1. The third-order valence-electron chi connectivity index (χ3n) is 6.65. The van der Waals surface area contributed by atoms with Crippen molar-refractivity contribution in [2.75, 3.05) is 43.8 Å². The van der Waals surface area contributed by atoms with Gasteiger partial charge in [0.25, 0.3) is 0 Å². The van der Waals surface area contributed by atoms with Crippen LogP contribution in [0.5, 0.6) is 0 Å². The molecule has 0 bridgehead atoms. The van der Waals surface area contributed by atoms with E-state index in [1.165, 1.54) is 16.0 Å². The molecule has 8 heteroatoms. The van der Waals surface area contributed by atoms with Crippen LogP contribution in [0, 0.1) is 27.7 Å². The molecule has 3 aromatic rings. The molecule has 3 N–H and O–H groups in total. The van der Waals surface area contributed by atoms with Crippen LogP contribution in [0.4, 0.5) is 11.5 Å². The number of aryl methyl sites for hydroxylation is 3. The molecule has 1 atom stereocenters. The molecule has 32 heavy (non-hydrogen) atoms. The van der Waals surface area contributed by atoms with Crippen LogP contribution in [-0.4, -0.2) is 58.4 Å². The average molecular weight is 453 g/mol. The van der Waals surface area contributed by atoms with Crippen LogP contribution in [0.15, 0.2) is 18.2 Å². The molecule has 1 fully saturated rings. The summed E-state index contributed by atoms with van der Waals surface area (Å²) in [7, 11) is 0. The predicted octanol–water partition coefficient (Wildman–Crippen LogP) is 3.82. The fraction of sp³-hybridized carbons (Fsp3) is 0.458. The van der Waals surface area contributed by atoms with E-state index < -0.39 is 0 Å². The minimum atomic E-state index is 0.0326. The van der Waals surface area contributed by atoms with Crippen LogP contribution in [-0.2, 0) is 4.79 Å². The third-order valence-corrected chi connectivity index (χ3v) is 7.75. The second-order valence-electron chi connectivity index (χ2n) is 8.71. The van der Waals surface area contributed by atoms with Crippen LogP contribution >= 0.6 is 11.3 Å². The number of anilines is 2. The second-order valence-corrected chi connectivity index (χ2v) is 9.92. The lowest BCUT2D eigenvalue weighted by molar-refractivity contribution is -0.117. The van der Waals surface area contributed by atoms with E-state index in [-0.39, 0.29) is 11.9 Å². The number of hydrogen-bond acceptors (Lipinski definition) is 7. The largest absolute Gasteiger partial charge is 0.383 e. The van der Waals surface area contributed by atoms with E-state index in [1.54, 1.807) is 11.3 Å². The minimum Gasteiger partial charge on any atom is -0.383 e. The lowest BCUT2D eigenvalue weighted by Crippen LogP contribution is -2.49. The highest BCUT2D eigenvalue weighted by Crippen LogP contribution is 2.33. The normalized spacial score (nSPS) is 16.4. The highest BCUT2D eigenvalue weighted by Gasteiger charge is 2.26. The molecule has 0 saturated carbocycles. The third kappa shape index (κ3) is 4.48. The van der Waals surface area contributed by atoms with Gasteiger partial charge in [-0.2, -0.15) is 0 Å². The summed E-state index contributed by atoms with van der Waals surface area (Å²) >= 11 is 1.68. The Morgan fingerprint density at radius 1 is 1.12 bits per heavy atom. The predicted molar refractivity (Wildman–Crippen MR) is 132 cm³/mol. The Morgan fingerprint density at radius 3 is 2.56 bits per heavy atom. The van der Waals surface area contributed by atoms with Gasteiger partial charge in [-0.05, 0) is 57.4 Å². The monoisotopic (exact) mass is 452 g/mol. The van der Waals surface area contributed by atoms with Crippen molar-refractivity contribution in [3.8, 4) is 0 Å². The number of carbonyl (C=O) groups is 1. The fourth-order valence-electron chi connectivity index (χ4n) is 4.24. The number of nitrogen functional groups attached to an aromatic ring is 1. The van der Waals surface area contributed by atoms with E-state index in [0.717, 1.165) is 53.5 Å². The van der Waals surface area contributed by atoms with Crippen LogP contribution in [0.2, 0.25) is 0 Å². The standard InChI is InChI=1S/C24H32N6OS/c1-14-7-6-8-19(15(14)2)26-20(31)13-29-9-11-30(12-10-29)17(4)23-27-22(25)21-16(3)18(5)32-24(21)28-23/h6-8,17H,9-13H2,1-5H3,(H,26,31)(H2,25,27,28). The molecule has 1 unspecified atom stereocenters. The molecule has 1 saturated heterocycles. The van der Waals surface area contributed by atoms with Crippen molar-refractivity contribution in [3.05, 3.63) is 45.6 Å². The van der Waals surface area contributed by atoms with Gasteiger partial charge in [0, 0.05) is 36.7 Å². The fourth-order valence-corrected chi connectivity index (χ4v) is 5.28. The number of carbonyl (C=O) groups excluding carboxylic acids is 1. The van der Waals surface area contributed by atoms with Gasteiger partial charge in [0.2, 0.25) is 5.91 Å². The Morgan fingerprint density at radius 2 is 1.84 bits per heavy atom. The van der Waals surface area contributed by atoms with E-state index in [0.29, 0.717) is 12.4 Å². The summed E-state index contributed by atoms with van der Waals surface area (Å²) in [4.78, 5) is 28.8. The molecule has 170 valence electrons. The molecule has 7 nitrogen and oxygen atoms in total. The van der Waals surface area contributed by atoms with Crippen LogP contribution in [0.1, 0.15) is 40.4 Å². The van der Waals surface area contributed by atoms with Crippen molar-refractivity contribution in [3.63, 3.8) is 0 Å². The highest BCUT2D eigenvalue weighted by atomic mass is 32.1. The Balaban J connectivity index is 1.35. The van der Waals surface area contributed by atoms with E-state index in [1.807, 2.05) is 19.1 Å². The number of fused-ring (bicyclic) bond motifs is 1. The van der Waals surface area contributed by atoms with Crippen molar-refractivity contribution in [2.24, 2.45) is 0 Å². The van der Waals surface area contributed by atoms with Crippen molar-refractivity contribution >= 4 is 39.0 Å². The first-order chi connectivity index (χ1) is 15.2. The van der Waals surface area contributed by atoms with Crippen molar-refractivity contribution in [1.82, 2.24) is 19.8 Å². The summed E-state index contributed by atoms with van der Waals surface area (Å²) in [6.45, 7) is 14.2. The van der Waals surface area contributed by atoms with Gasteiger partial charge in [-0.3, -0.25) is 14.6 Å². The summed E-state index contributed by atoms with van der Waals surface area (Å²) in [5, 5.41) is 4.05. The van der Waals surface area contributed by atoms with Gasteiger partial charge in [0.1, 0.15) is 16.5 Å². The molecular formula is C24H32N6OS. The first-order valence-electron chi connectivity index (χ1n) is 11.1. The molecule has 1 amide bonds. The lowest BCUT2D eigenvalue weighted by atomic mass is 10.1. The quantitative estimate of drug-likeness (QED) is 0.612. The average Bonchev–Trinajstić information content (AvgIpc) is 3.05. The SMILES string of the molecule is Cc1cccc(NC(=O)CN2CCN(C(C)c3nc(N)c4c(C)c(C)sc4n3)CC2)c1C. The maximum atomic E-state index is 12.6. The Bertz CT molecular complexity index is 1150. The van der Waals surface area contributed by atoms with Gasteiger partial charge < -0.3 is 11.1 Å². The maximum absolute atomic E-state index is 12.6. The van der Waals surface area contributed by atoms with Crippen LogP contribution in [0.25, 0.3) is 10.2 Å². The molecule has 1 aliphatic heterocycles. The smallest absolute Gasteiger partial charge is 0.238 e.